The number of aliphatic hydroxyl groups is 1. The zero-order valence-corrected chi connectivity index (χ0v) is 18.4. The highest BCUT2D eigenvalue weighted by Crippen LogP contribution is 2.44. The van der Waals surface area contributed by atoms with E-state index < -0.39 is 26.0 Å². The van der Waals surface area contributed by atoms with Gasteiger partial charge < -0.3 is 23.7 Å². The van der Waals surface area contributed by atoms with Crippen LogP contribution in [-0.4, -0.2) is 58.2 Å². The second-order valence-corrected chi connectivity index (χ2v) is 13.2. The molecule has 0 aromatic rings. The van der Waals surface area contributed by atoms with Crippen molar-refractivity contribution in [2.24, 2.45) is 0 Å². The Balaban J connectivity index is 5.60. The van der Waals surface area contributed by atoms with Crippen molar-refractivity contribution < 1.29 is 28.5 Å². The van der Waals surface area contributed by atoms with Crippen molar-refractivity contribution in [3.8, 4) is 0 Å². The van der Waals surface area contributed by atoms with Gasteiger partial charge in [-0.25, -0.2) is 0 Å². The monoisotopic (exact) mass is 378 g/mol. The fourth-order valence-corrected chi connectivity index (χ4v) is 9.24. The number of rotatable bonds is 12. The van der Waals surface area contributed by atoms with Gasteiger partial charge in [0.05, 0.1) is 6.61 Å². The average Bonchev–Trinajstić information content (AvgIpc) is 2.45. The molecular weight excluding hydrogens is 340 g/mol. The summed E-state index contributed by atoms with van der Waals surface area (Å²) in [5, 5.41) is 10.9. The van der Waals surface area contributed by atoms with Crippen molar-refractivity contribution in [1.82, 2.24) is 0 Å². The molecule has 0 aromatic carbocycles. The molecule has 150 valence electrons. The molecule has 25 heavy (non-hydrogen) atoms. The molecule has 0 rings (SSSR count). The zero-order chi connectivity index (χ0) is 19.8. The summed E-state index contributed by atoms with van der Waals surface area (Å²) >= 11 is 0. The van der Waals surface area contributed by atoms with Gasteiger partial charge in [-0.3, -0.25) is 4.79 Å². The fourth-order valence-electron chi connectivity index (χ4n) is 3.61. The molecule has 0 unspecified atom stereocenters. The Morgan fingerprint density at radius 2 is 1.56 bits per heavy atom. The van der Waals surface area contributed by atoms with Crippen molar-refractivity contribution in [3.05, 3.63) is 0 Å². The van der Waals surface area contributed by atoms with E-state index >= 15 is 0 Å². The van der Waals surface area contributed by atoms with E-state index in [1.54, 1.807) is 6.92 Å². The second-order valence-electron chi connectivity index (χ2n) is 7.84. The summed E-state index contributed by atoms with van der Waals surface area (Å²) in [6.07, 6.45) is -0.660. The SMILES string of the molecule is COCOC[C@](C)(O)[C@H](COC(C)=O)O[Si](C(C)C)(C(C)C)C(C)C. The van der Waals surface area contributed by atoms with Gasteiger partial charge in [-0.15, -0.1) is 0 Å². The maximum atomic E-state index is 11.3. The number of carbonyl (C=O) groups excluding carboxylic acids is 1. The topological polar surface area (TPSA) is 74.2 Å². The first-order valence-electron chi connectivity index (χ1n) is 9.02. The van der Waals surface area contributed by atoms with Crippen LogP contribution >= 0.6 is 0 Å². The standard InChI is InChI=1S/C18H38O6Si/c1-13(2)25(14(3)4,15(5)6)24-17(10-23-16(7)19)18(8,20)11-22-12-21-9/h13-15,17,20H,10-12H2,1-9H3/t17-,18-/m0/s1. The van der Waals surface area contributed by atoms with Gasteiger partial charge in [0, 0.05) is 14.0 Å². The van der Waals surface area contributed by atoms with Crippen molar-refractivity contribution >= 4 is 14.3 Å². The van der Waals surface area contributed by atoms with Crippen LogP contribution in [-0.2, 0) is 23.4 Å². The number of carbonyl (C=O) groups is 1. The molecule has 0 amide bonds. The molecule has 0 saturated heterocycles. The molecule has 7 heteroatoms. The molecule has 0 aromatic heterocycles. The van der Waals surface area contributed by atoms with Gasteiger partial charge >= 0.3 is 5.97 Å². The molecule has 0 fully saturated rings. The quantitative estimate of drug-likeness (QED) is 0.242. The number of methoxy groups -OCH3 is 1. The summed E-state index contributed by atoms with van der Waals surface area (Å²) in [6, 6.07) is 0. The Hall–Kier alpha value is -0.473. The number of hydrogen-bond donors (Lipinski definition) is 1. The number of ether oxygens (including phenoxy) is 3. The molecule has 0 aliphatic carbocycles. The summed E-state index contributed by atoms with van der Waals surface area (Å²) in [7, 11) is -0.734. The zero-order valence-electron chi connectivity index (χ0n) is 17.4. The van der Waals surface area contributed by atoms with E-state index in [9.17, 15) is 9.90 Å². The molecule has 1 N–H and O–H groups in total. The number of esters is 1. The molecule has 0 spiro atoms. The summed E-state index contributed by atoms with van der Waals surface area (Å²) in [5.74, 6) is -0.395. The first-order valence-corrected chi connectivity index (χ1v) is 11.2. The third-order valence-electron chi connectivity index (χ3n) is 4.78. The molecule has 2 atom stereocenters. The van der Waals surface area contributed by atoms with Gasteiger partial charge in [0.2, 0.25) is 8.32 Å². The van der Waals surface area contributed by atoms with Crippen molar-refractivity contribution in [1.29, 1.82) is 0 Å². The minimum absolute atomic E-state index is 0.000411. The van der Waals surface area contributed by atoms with Crippen LogP contribution in [0.3, 0.4) is 0 Å². The average molecular weight is 379 g/mol. The lowest BCUT2D eigenvalue weighted by Crippen LogP contribution is -2.58. The van der Waals surface area contributed by atoms with Gasteiger partial charge in [0.25, 0.3) is 0 Å². The van der Waals surface area contributed by atoms with Crippen LogP contribution < -0.4 is 0 Å². The van der Waals surface area contributed by atoms with Gasteiger partial charge in [-0.1, -0.05) is 41.5 Å². The lowest BCUT2D eigenvalue weighted by molar-refractivity contribution is -0.162. The minimum Gasteiger partial charge on any atom is -0.463 e. The van der Waals surface area contributed by atoms with Crippen LogP contribution in [0.4, 0.5) is 0 Å². The van der Waals surface area contributed by atoms with Crippen molar-refractivity contribution in [3.63, 3.8) is 0 Å². The molecule has 0 aliphatic heterocycles. The third-order valence-corrected chi connectivity index (χ3v) is 10.9. The van der Waals surface area contributed by atoms with Crippen molar-refractivity contribution in [2.45, 2.75) is 83.7 Å². The van der Waals surface area contributed by atoms with E-state index in [1.165, 1.54) is 14.0 Å². The Morgan fingerprint density at radius 1 is 1.08 bits per heavy atom. The normalized spacial score (nSPS) is 16.4. The molecular formula is C18H38O6Si. The Kier molecular flexibility index (Phi) is 10.4. The summed E-state index contributed by atoms with van der Waals surface area (Å²) < 4.78 is 22.1. The van der Waals surface area contributed by atoms with Crippen molar-refractivity contribution in [2.75, 3.05) is 27.1 Å². The highest BCUT2D eigenvalue weighted by Gasteiger charge is 2.49. The second kappa shape index (κ2) is 10.6. The molecule has 0 aliphatic rings. The molecule has 0 saturated carbocycles. The van der Waals surface area contributed by atoms with Gasteiger partial charge in [-0.05, 0) is 23.5 Å². The Bertz CT molecular complexity index is 373. The van der Waals surface area contributed by atoms with E-state index in [-0.39, 0.29) is 20.0 Å². The van der Waals surface area contributed by atoms with E-state index in [0.717, 1.165) is 0 Å². The van der Waals surface area contributed by atoms with Crippen LogP contribution in [0.25, 0.3) is 0 Å². The number of hydrogen-bond acceptors (Lipinski definition) is 6. The first-order chi connectivity index (χ1) is 11.4. The summed E-state index contributed by atoms with van der Waals surface area (Å²) in [6.45, 7) is 16.1. The van der Waals surface area contributed by atoms with E-state index in [1.807, 2.05) is 0 Å². The lowest BCUT2D eigenvalue weighted by Gasteiger charge is -2.47. The van der Waals surface area contributed by atoms with E-state index in [0.29, 0.717) is 16.6 Å². The largest absolute Gasteiger partial charge is 0.463 e. The molecule has 0 bridgehead atoms. The molecule has 6 nitrogen and oxygen atoms in total. The van der Waals surface area contributed by atoms with Gasteiger partial charge in [-0.2, -0.15) is 0 Å². The smallest absolute Gasteiger partial charge is 0.302 e. The predicted molar refractivity (Wildman–Crippen MR) is 101 cm³/mol. The van der Waals surface area contributed by atoms with Crippen LogP contribution in [0.2, 0.25) is 16.6 Å². The first kappa shape index (κ1) is 24.5. The third kappa shape index (κ3) is 6.98. The minimum atomic E-state index is -2.26. The Morgan fingerprint density at radius 3 is 1.92 bits per heavy atom. The van der Waals surface area contributed by atoms with Gasteiger partial charge in [0.1, 0.15) is 25.1 Å². The van der Waals surface area contributed by atoms with Crippen LogP contribution in [0.15, 0.2) is 0 Å². The molecule has 0 radical (unpaired) electrons. The van der Waals surface area contributed by atoms with Gasteiger partial charge in [0.15, 0.2) is 0 Å². The molecule has 0 heterocycles. The van der Waals surface area contributed by atoms with Crippen LogP contribution in [0, 0.1) is 0 Å². The van der Waals surface area contributed by atoms with E-state index in [4.69, 9.17) is 18.6 Å². The summed E-state index contributed by atoms with van der Waals surface area (Å²) in [5.41, 5.74) is -0.251. The lowest BCUT2D eigenvalue weighted by atomic mass is 10.0. The Labute approximate surface area is 154 Å². The van der Waals surface area contributed by atoms with Crippen LogP contribution in [0.1, 0.15) is 55.4 Å². The van der Waals surface area contributed by atoms with E-state index in [2.05, 4.69) is 41.5 Å². The van der Waals surface area contributed by atoms with Crippen LogP contribution in [0.5, 0.6) is 0 Å². The maximum absolute atomic E-state index is 11.3. The predicted octanol–water partition coefficient (Wildman–Crippen LogP) is 3.48. The summed E-state index contributed by atoms with van der Waals surface area (Å²) in [4.78, 5) is 11.3. The highest BCUT2D eigenvalue weighted by molar-refractivity contribution is 6.77. The highest BCUT2D eigenvalue weighted by atomic mass is 28.4. The maximum Gasteiger partial charge on any atom is 0.302 e. The fraction of sp³-hybridized carbons (Fsp3) is 0.944.